The van der Waals surface area contributed by atoms with E-state index >= 15 is 0 Å². The summed E-state index contributed by atoms with van der Waals surface area (Å²) in [5, 5.41) is 0.690. The lowest BCUT2D eigenvalue weighted by Crippen LogP contribution is -2.04. The molecule has 0 aliphatic heterocycles. The average molecular weight is 236 g/mol. The van der Waals surface area contributed by atoms with E-state index in [2.05, 4.69) is 20.9 Å². The van der Waals surface area contributed by atoms with Crippen LogP contribution in [0, 0.1) is 0 Å². The van der Waals surface area contributed by atoms with Gasteiger partial charge in [-0.15, -0.1) is 0 Å². The maximum absolute atomic E-state index is 5.78. The molecule has 1 heterocycles. The highest BCUT2D eigenvalue weighted by Crippen LogP contribution is 2.15. The normalized spacial score (nSPS) is 10.1. The zero-order valence-electron chi connectivity index (χ0n) is 5.85. The Morgan fingerprint density at radius 2 is 2.27 bits per heavy atom. The van der Waals surface area contributed by atoms with Crippen LogP contribution in [0.15, 0.2) is 16.7 Å². The topological polar surface area (TPSA) is 38.9 Å². The second kappa shape index (κ2) is 4.04. The fourth-order valence-electron chi connectivity index (χ4n) is 0.792. The first kappa shape index (κ1) is 8.97. The summed E-state index contributed by atoms with van der Waals surface area (Å²) >= 11 is 9.02. The second-order valence-electron chi connectivity index (χ2n) is 2.14. The van der Waals surface area contributed by atoms with Gasteiger partial charge in [0.25, 0.3) is 0 Å². The molecular formula is C7H8BrClN2. The predicted molar refractivity (Wildman–Crippen MR) is 49.7 cm³/mol. The summed E-state index contributed by atoms with van der Waals surface area (Å²) in [6.45, 7) is 0.597. The molecular weight excluding hydrogens is 227 g/mol. The van der Waals surface area contributed by atoms with Crippen LogP contribution in [0.4, 0.5) is 0 Å². The van der Waals surface area contributed by atoms with E-state index in [1.54, 1.807) is 6.07 Å². The minimum Gasteiger partial charge on any atom is -0.330 e. The maximum Gasteiger partial charge on any atom is 0.107 e. The molecule has 0 aromatic carbocycles. The van der Waals surface area contributed by atoms with Crippen molar-refractivity contribution in [2.45, 2.75) is 6.42 Å². The van der Waals surface area contributed by atoms with Crippen molar-refractivity contribution >= 4 is 27.5 Å². The van der Waals surface area contributed by atoms with Crippen molar-refractivity contribution in [3.63, 3.8) is 0 Å². The predicted octanol–water partition coefficient (Wildman–Crippen LogP) is 2.00. The van der Waals surface area contributed by atoms with E-state index in [9.17, 15) is 0 Å². The van der Waals surface area contributed by atoms with Crippen LogP contribution in [-0.2, 0) is 6.42 Å². The Kier molecular flexibility index (Phi) is 3.30. The first-order valence-electron chi connectivity index (χ1n) is 3.24. The molecule has 60 valence electrons. The number of hydrogen-bond acceptors (Lipinski definition) is 2. The van der Waals surface area contributed by atoms with Crippen LogP contribution in [0.5, 0.6) is 0 Å². The van der Waals surface area contributed by atoms with Gasteiger partial charge in [0.05, 0.1) is 0 Å². The summed E-state index contributed by atoms with van der Waals surface area (Å²) in [5.74, 6) is 0. The molecule has 0 atom stereocenters. The van der Waals surface area contributed by atoms with Crippen LogP contribution in [0.1, 0.15) is 5.69 Å². The van der Waals surface area contributed by atoms with Crippen molar-refractivity contribution in [2.75, 3.05) is 6.54 Å². The van der Waals surface area contributed by atoms with Gasteiger partial charge in [-0.25, -0.2) is 4.98 Å². The molecule has 0 saturated heterocycles. The van der Waals surface area contributed by atoms with Crippen molar-refractivity contribution in [3.05, 3.63) is 27.5 Å². The highest BCUT2D eigenvalue weighted by molar-refractivity contribution is 9.10. The van der Waals surface area contributed by atoms with Crippen molar-refractivity contribution in [1.82, 2.24) is 4.98 Å². The van der Waals surface area contributed by atoms with E-state index in [1.807, 2.05) is 6.07 Å². The van der Waals surface area contributed by atoms with E-state index in [0.29, 0.717) is 11.6 Å². The summed E-state index contributed by atoms with van der Waals surface area (Å²) in [5.41, 5.74) is 6.29. The van der Waals surface area contributed by atoms with Crippen molar-refractivity contribution in [3.8, 4) is 0 Å². The standard InChI is InChI=1S/C7H8BrClN2/c8-7-4-5(9)3-6(11-7)1-2-10/h3-4H,1-2,10H2. The number of nitrogens with zero attached hydrogens (tertiary/aromatic N) is 1. The first-order chi connectivity index (χ1) is 5.22. The van der Waals surface area contributed by atoms with E-state index < -0.39 is 0 Å². The third-order valence-corrected chi connectivity index (χ3v) is 1.84. The molecule has 0 spiro atoms. The zero-order valence-corrected chi connectivity index (χ0v) is 8.19. The van der Waals surface area contributed by atoms with Gasteiger partial charge in [0.2, 0.25) is 0 Å². The number of nitrogens with two attached hydrogens (primary N) is 1. The van der Waals surface area contributed by atoms with E-state index in [1.165, 1.54) is 0 Å². The summed E-state index contributed by atoms with van der Waals surface area (Å²) in [7, 11) is 0. The molecule has 0 fully saturated rings. The van der Waals surface area contributed by atoms with Gasteiger partial charge in [-0.3, -0.25) is 0 Å². The lowest BCUT2D eigenvalue weighted by molar-refractivity contribution is 0.917. The van der Waals surface area contributed by atoms with Gasteiger partial charge < -0.3 is 5.73 Å². The van der Waals surface area contributed by atoms with Gasteiger partial charge in [-0.1, -0.05) is 11.6 Å². The van der Waals surface area contributed by atoms with Crippen LogP contribution in [-0.4, -0.2) is 11.5 Å². The Morgan fingerprint density at radius 1 is 1.55 bits per heavy atom. The van der Waals surface area contributed by atoms with Gasteiger partial charge in [-0.05, 0) is 34.6 Å². The minimum absolute atomic E-state index is 0.597. The van der Waals surface area contributed by atoms with Crippen LogP contribution in [0.25, 0.3) is 0 Å². The Labute approximate surface area is 78.9 Å². The molecule has 0 saturated carbocycles. The lowest BCUT2D eigenvalue weighted by Gasteiger charge is -1.98. The summed E-state index contributed by atoms with van der Waals surface area (Å²) in [6.07, 6.45) is 0.763. The minimum atomic E-state index is 0.597. The summed E-state index contributed by atoms with van der Waals surface area (Å²) in [6, 6.07) is 3.57. The molecule has 4 heteroatoms. The quantitative estimate of drug-likeness (QED) is 0.797. The maximum atomic E-state index is 5.78. The van der Waals surface area contributed by atoms with Crippen LogP contribution >= 0.6 is 27.5 Å². The Balaban J connectivity index is 2.89. The SMILES string of the molecule is NCCc1cc(Cl)cc(Br)n1. The van der Waals surface area contributed by atoms with E-state index in [0.717, 1.165) is 16.7 Å². The smallest absolute Gasteiger partial charge is 0.107 e. The van der Waals surface area contributed by atoms with Crippen molar-refractivity contribution in [1.29, 1.82) is 0 Å². The molecule has 0 unspecified atom stereocenters. The third kappa shape index (κ3) is 2.77. The van der Waals surface area contributed by atoms with Crippen LogP contribution in [0.2, 0.25) is 5.02 Å². The third-order valence-electron chi connectivity index (χ3n) is 1.21. The van der Waals surface area contributed by atoms with Gasteiger partial charge in [0.1, 0.15) is 4.60 Å². The lowest BCUT2D eigenvalue weighted by atomic mass is 10.3. The molecule has 1 aromatic heterocycles. The van der Waals surface area contributed by atoms with E-state index in [4.69, 9.17) is 17.3 Å². The molecule has 11 heavy (non-hydrogen) atoms. The molecule has 1 rings (SSSR count). The van der Waals surface area contributed by atoms with Gasteiger partial charge in [0.15, 0.2) is 0 Å². The van der Waals surface area contributed by atoms with Crippen LogP contribution < -0.4 is 5.73 Å². The Bertz CT molecular complexity index is 232. The van der Waals surface area contributed by atoms with E-state index in [-0.39, 0.29) is 0 Å². The largest absolute Gasteiger partial charge is 0.330 e. The molecule has 2 nitrogen and oxygen atoms in total. The fourth-order valence-corrected chi connectivity index (χ4v) is 1.63. The van der Waals surface area contributed by atoms with Gasteiger partial charge >= 0.3 is 0 Å². The van der Waals surface area contributed by atoms with Crippen LogP contribution in [0.3, 0.4) is 0 Å². The van der Waals surface area contributed by atoms with Gasteiger partial charge in [-0.2, -0.15) is 0 Å². The molecule has 0 aliphatic carbocycles. The summed E-state index contributed by atoms with van der Waals surface area (Å²) < 4.78 is 0.758. The number of pyridine rings is 1. The zero-order chi connectivity index (χ0) is 8.27. The highest BCUT2D eigenvalue weighted by atomic mass is 79.9. The Hall–Kier alpha value is -0.120. The Morgan fingerprint density at radius 3 is 2.82 bits per heavy atom. The molecule has 0 aliphatic rings. The number of rotatable bonds is 2. The van der Waals surface area contributed by atoms with Gasteiger partial charge in [0, 0.05) is 17.1 Å². The monoisotopic (exact) mass is 234 g/mol. The summed E-state index contributed by atoms with van der Waals surface area (Å²) in [4.78, 5) is 4.18. The van der Waals surface area contributed by atoms with Crippen molar-refractivity contribution < 1.29 is 0 Å². The first-order valence-corrected chi connectivity index (χ1v) is 4.41. The fraction of sp³-hybridized carbons (Fsp3) is 0.286. The molecule has 1 aromatic rings. The molecule has 2 N–H and O–H groups in total. The number of aromatic nitrogens is 1. The molecule has 0 bridgehead atoms. The number of hydrogen-bond donors (Lipinski definition) is 1. The van der Waals surface area contributed by atoms with Crippen molar-refractivity contribution in [2.24, 2.45) is 5.73 Å². The number of halogens is 2. The average Bonchev–Trinajstić information content (AvgIpc) is 1.85. The second-order valence-corrected chi connectivity index (χ2v) is 3.39. The molecule has 0 amide bonds. The molecule has 0 radical (unpaired) electrons. The highest BCUT2D eigenvalue weighted by Gasteiger charge is 1.97.